The Labute approximate surface area is 158 Å². The molecule has 0 aliphatic heterocycles. The van der Waals surface area contributed by atoms with Crippen LogP contribution < -0.4 is 10.9 Å². The molecule has 0 aliphatic carbocycles. The maximum absolute atomic E-state index is 12.0. The van der Waals surface area contributed by atoms with Crippen molar-refractivity contribution in [3.8, 4) is 11.4 Å². The second-order valence-electron chi connectivity index (χ2n) is 5.14. The number of carbonyl (C=O) groups is 2. The number of nitrogens with one attached hydrogen (secondary N) is 2. The molecule has 8 nitrogen and oxygen atoms in total. The van der Waals surface area contributed by atoms with Crippen molar-refractivity contribution in [2.24, 2.45) is 0 Å². The van der Waals surface area contributed by atoms with Crippen LogP contribution in [0.3, 0.4) is 0 Å². The SMILES string of the molecule is O=C(Cn1nnc(-c2ccccc2)n1)NNC(=O)c1ccc(Cl)c(Cl)c1. The Bertz CT molecular complexity index is 945. The van der Waals surface area contributed by atoms with E-state index >= 15 is 0 Å². The third-order valence-corrected chi connectivity index (χ3v) is 4.01. The molecule has 2 aromatic carbocycles. The molecule has 0 aliphatic rings. The van der Waals surface area contributed by atoms with Crippen molar-refractivity contribution < 1.29 is 9.59 Å². The van der Waals surface area contributed by atoms with E-state index in [1.54, 1.807) is 0 Å². The summed E-state index contributed by atoms with van der Waals surface area (Å²) in [6, 6.07) is 13.6. The standard InChI is InChI=1S/C16H12Cl2N6O2/c17-12-7-6-11(8-13(12)18)16(26)21-19-14(25)9-24-22-15(20-23-24)10-4-2-1-3-5-10/h1-8H,9H2,(H,19,25)(H,21,26). The van der Waals surface area contributed by atoms with Gasteiger partial charge >= 0.3 is 0 Å². The molecule has 0 radical (unpaired) electrons. The maximum atomic E-state index is 12.0. The minimum atomic E-state index is -0.534. The first-order valence-electron chi connectivity index (χ1n) is 7.40. The van der Waals surface area contributed by atoms with E-state index in [4.69, 9.17) is 23.2 Å². The number of tetrazole rings is 1. The molecule has 1 aromatic heterocycles. The lowest BCUT2D eigenvalue weighted by atomic mass is 10.2. The highest BCUT2D eigenvalue weighted by Crippen LogP contribution is 2.22. The molecule has 0 bridgehead atoms. The number of halogens is 2. The number of hydrogen-bond acceptors (Lipinski definition) is 5. The van der Waals surface area contributed by atoms with Crippen molar-refractivity contribution in [1.82, 2.24) is 31.1 Å². The van der Waals surface area contributed by atoms with Gasteiger partial charge in [-0.05, 0) is 23.4 Å². The van der Waals surface area contributed by atoms with Crippen molar-refractivity contribution in [2.45, 2.75) is 6.54 Å². The first-order valence-corrected chi connectivity index (χ1v) is 8.16. The molecule has 10 heteroatoms. The van der Waals surface area contributed by atoms with Gasteiger partial charge in [-0.25, -0.2) is 0 Å². The zero-order valence-electron chi connectivity index (χ0n) is 13.2. The molecule has 0 fully saturated rings. The lowest BCUT2D eigenvalue weighted by Crippen LogP contribution is -2.43. The van der Waals surface area contributed by atoms with Crippen LogP contribution in [0.5, 0.6) is 0 Å². The molecule has 2 amide bonds. The summed E-state index contributed by atoms with van der Waals surface area (Å²) in [5, 5.41) is 12.4. The molecular formula is C16H12Cl2N6O2. The van der Waals surface area contributed by atoms with Crippen LogP contribution in [0.2, 0.25) is 10.0 Å². The zero-order valence-corrected chi connectivity index (χ0v) is 14.7. The molecule has 0 saturated carbocycles. The third kappa shape index (κ3) is 4.35. The fraction of sp³-hybridized carbons (Fsp3) is 0.0625. The van der Waals surface area contributed by atoms with Crippen molar-refractivity contribution in [2.75, 3.05) is 0 Å². The summed E-state index contributed by atoms with van der Waals surface area (Å²) in [6.45, 7) is -0.207. The Balaban J connectivity index is 1.55. The van der Waals surface area contributed by atoms with Gasteiger partial charge < -0.3 is 0 Å². The summed E-state index contributed by atoms with van der Waals surface area (Å²) in [5.41, 5.74) is 5.58. The van der Waals surface area contributed by atoms with Crippen LogP contribution in [0.4, 0.5) is 0 Å². The lowest BCUT2D eigenvalue weighted by molar-refractivity contribution is -0.122. The Morgan fingerprint density at radius 1 is 1.00 bits per heavy atom. The predicted octanol–water partition coefficient (Wildman–Crippen LogP) is 2.11. The summed E-state index contributed by atoms with van der Waals surface area (Å²) in [7, 11) is 0. The topological polar surface area (TPSA) is 102 Å². The van der Waals surface area contributed by atoms with Crippen LogP contribution in [0.25, 0.3) is 11.4 Å². The van der Waals surface area contributed by atoms with Gasteiger partial charge in [-0.15, -0.1) is 10.2 Å². The van der Waals surface area contributed by atoms with Crippen LogP contribution in [-0.2, 0) is 11.3 Å². The maximum Gasteiger partial charge on any atom is 0.269 e. The summed E-state index contributed by atoms with van der Waals surface area (Å²) in [6.07, 6.45) is 0. The van der Waals surface area contributed by atoms with Crippen molar-refractivity contribution in [3.05, 3.63) is 64.1 Å². The molecular weight excluding hydrogens is 379 g/mol. The second kappa shape index (κ2) is 7.94. The van der Waals surface area contributed by atoms with Gasteiger partial charge in [0, 0.05) is 11.1 Å². The summed E-state index contributed by atoms with van der Waals surface area (Å²) in [5.74, 6) is -0.651. The smallest absolute Gasteiger partial charge is 0.269 e. The van der Waals surface area contributed by atoms with Gasteiger partial charge in [0.1, 0.15) is 6.54 Å². The monoisotopic (exact) mass is 390 g/mol. The first kappa shape index (κ1) is 17.8. The van der Waals surface area contributed by atoms with Gasteiger partial charge in [-0.1, -0.05) is 53.5 Å². The third-order valence-electron chi connectivity index (χ3n) is 3.27. The quantitative estimate of drug-likeness (QED) is 0.664. The highest BCUT2D eigenvalue weighted by molar-refractivity contribution is 6.42. The number of rotatable bonds is 4. The zero-order chi connectivity index (χ0) is 18.5. The number of benzene rings is 2. The number of nitrogens with zero attached hydrogens (tertiary/aromatic N) is 4. The Hall–Kier alpha value is -2.97. The molecule has 132 valence electrons. The molecule has 26 heavy (non-hydrogen) atoms. The van der Waals surface area contributed by atoms with Gasteiger partial charge in [-0.3, -0.25) is 20.4 Å². The fourth-order valence-corrected chi connectivity index (χ4v) is 2.32. The average molecular weight is 391 g/mol. The molecule has 3 aromatic rings. The largest absolute Gasteiger partial charge is 0.271 e. The summed E-state index contributed by atoms with van der Waals surface area (Å²) in [4.78, 5) is 25.0. The highest BCUT2D eigenvalue weighted by atomic mass is 35.5. The molecule has 0 saturated heterocycles. The van der Waals surface area contributed by atoms with E-state index in [1.807, 2.05) is 30.3 Å². The van der Waals surface area contributed by atoms with Crippen molar-refractivity contribution in [3.63, 3.8) is 0 Å². The molecule has 0 unspecified atom stereocenters. The van der Waals surface area contributed by atoms with Crippen LogP contribution in [0, 0.1) is 0 Å². The summed E-state index contributed by atoms with van der Waals surface area (Å²) >= 11 is 11.6. The van der Waals surface area contributed by atoms with E-state index in [9.17, 15) is 9.59 Å². The minimum Gasteiger partial charge on any atom is -0.271 e. The van der Waals surface area contributed by atoms with Crippen LogP contribution in [-0.4, -0.2) is 32.0 Å². The highest BCUT2D eigenvalue weighted by Gasteiger charge is 2.12. The van der Waals surface area contributed by atoms with Crippen LogP contribution in [0.15, 0.2) is 48.5 Å². The molecule has 1 heterocycles. The number of hydrazine groups is 1. The Kier molecular flexibility index (Phi) is 5.45. The molecule has 0 atom stereocenters. The second-order valence-corrected chi connectivity index (χ2v) is 5.96. The Morgan fingerprint density at radius 2 is 1.77 bits per heavy atom. The Morgan fingerprint density at radius 3 is 2.50 bits per heavy atom. The number of carbonyl (C=O) groups excluding carboxylic acids is 2. The van der Waals surface area contributed by atoms with E-state index in [0.29, 0.717) is 10.8 Å². The van der Waals surface area contributed by atoms with Crippen LogP contribution in [0.1, 0.15) is 10.4 Å². The van der Waals surface area contributed by atoms with E-state index in [2.05, 4.69) is 26.3 Å². The number of aromatic nitrogens is 4. The van der Waals surface area contributed by atoms with Gasteiger partial charge in [0.25, 0.3) is 11.8 Å². The predicted molar refractivity (Wildman–Crippen MR) is 95.3 cm³/mol. The van der Waals surface area contributed by atoms with Crippen molar-refractivity contribution >= 4 is 35.0 Å². The number of hydrogen-bond donors (Lipinski definition) is 2. The first-order chi connectivity index (χ1) is 12.5. The van der Waals surface area contributed by atoms with Gasteiger partial charge in [0.15, 0.2) is 0 Å². The molecule has 0 spiro atoms. The van der Waals surface area contributed by atoms with E-state index in [1.165, 1.54) is 18.2 Å². The van der Waals surface area contributed by atoms with E-state index in [0.717, 1.165) is 10.4 Å². The number of amides is 2. The lowest BCUT2D eigenvalue weighted by Gasteiger charge is -2.07. The van der Waals surface area contributed by atoms with Gasteiger partial charge in [-0.2, -0.15) is 4.80 Å². The van der Waals surface area contributed by atoms with Crippen molar-refractivity contribution in [1.29, 1.82) is 0 Å². The summed E-state index contributed by atoms with van der Waals surface area (Å²) < 4.78 is 0. The van der Waals surface area contributed by atoms with E-state index in [-0.39, 0.29) is 17.1 Å². The minimum absolute atomic E-state index is 0.207. The molecule has 3 rings (SSSR count). The van der Waals surface area contributed by atoms with Gasteiger partial charge in [0.2, 0.25) is 5.82 Å². The fourth-order valence-electron chi connectivity index (χ4n) is 2.02. The normalized spacial score (nSPS) is 10.4. The molecule has 2 N–H and O–H groups in total. The van der Waals surface area contributed by atoms with Gasteiger partial charge in [0.05, 0.1) is 10.0 Å². The average Bonchev–Trinajstić information content (AvgIpc) is 3.11. The van der Waals surface area contributed by atoms with E-state index < -0.39 is 11.8 Å². The van der Waals surface area contributed by atoms with Crippen LogP contribution >= 0.6 is 23.2 Å².